The first kappa shape index (κ1) is 25.0. The van der Waals surface area contributed by atoms with Crippen molar-refractivity contribution >= 4 is 41.2 Å². The summed E-state index contributed by atoms with van der Waals surface area (Å²) in [7, 11) is 1.47. The average molecular weight is 505 g/mol. The number of halogens is 1. The van der Waals surface area contributed by atoms with Crippen molar-refractivity contribution in [1.29, 1.82) is 0 Å². The van der Waals surface area contributed by atoms with E-state index in [1.165, 1.54) is 13.2 Å². The fraction of sp³-hybridized carbons (Fsp3) is 0.179. The lowest BCUT2D eigenvalue weighted by Crippen LogP contribution is -2.54. The molecular weight excluding hydrogens is 480 g/mol. The minimum absolute atomic E-state index is 0.207. The monoisotopic (exact) mass is 504 g/mol. The maximum absolute atomic E-state index is 13.3. The van der Waals surface area contributed by atoms with Gasteiger partial charge in [0.05, 0.1) is 17.8 Å². The molecule has 0 spiro atoms. The first-order valence-corrected chi connectivity index (χ1v) is 11.6. The molecule has 1 aliphatic heterocycles. The van der Waals surface area contributed by atoms with Crippen LogP contribution in [0.4, 0.5) is 10.5 Å². The van der Waals surface area contributed by atoms with Crippen LogP contribution >= 0.6 is 11.6 Å². The van der Waals surface area contributed by atoms with Gasteiger partial charge < -0.3 is 9.47 Å². The van der Waals surface area contributed by atoms with Crippen molar-refractivity contribution in [2.45, 2.75) is 27.4 Å². The third kappa shape index (κ3) is 5.11. The number of methoxy groups -OCH3 is 1. The molecule has 0 aliphatic carbocycles. The largest absolute Gasteiger partial charge is 0.493 e. The summed E-state index contributed by atoms with van der Waals surface area (Å²) in [4.78, 5) is 39.4. The molecule has 0 aromatic heterocycles. The van der Waals surface area contributed by atoms with Gasteiger partial charge in [-0.3, -0.25) is 14.9 Å². The lowest BCUT2D eigenvalue weighted by Gasteiger charge is -2.27. The normalized spacial score (nSPS) is 14.8. The van der Waals surface area contributed by atoms with Gasteiger partial charge >= 0.3 is 6.03 Å². The Kier molecular flexibility index (Phi) is 7.12. The zero-order valence-electron chi connectivity index (χ0n) is 20.3. The SMILES string of the molecule is COc1cc(/C=C2\C(=O)NC(=O)N(c3ccc(C)cc3C)C2=O)cc(Cl)c1OCc1ccc(C)cc1. The third-order valence-corrected chi connectivity index (χ3v) is 6.04. The zero-order chi connectivity index (χ0) is 26.0. The Morgan fingerprint density at radius 1 is 0.944 bits per heavy atom. The molecule has 1 saturated heterocycles. The molecule has 1 N–H and O–H groups in total. The zero-order valence-corrected chi connectivity index (χ0v) is 21.1. The smallest absolute Gasteiger partial charge is 0.335 e. The van der Waals surface area contributed by atoms with Gasteiger partial charge in [-0.25, -0.2) is 9.69 Å². The number of hydrogen-bond donors (Lipinski definition) is 1. The summed E-state index contributed by atoms with van der Waals surface area (Å²) >= 11 is 6.49. The number of imide groups is 2. The Labute approximate surface area is 214 Å². The number of urea groups is 1. The van der Waals surface area contributed by atoms with Crippen molar-refractivity contribution in [2.75, 3.05) is 12.0 Å². The Morgan fingerprint density at radius 2 is 1.64 bits per heavy atom. The molecule has 0 unspecified atom stereocenters. The van der Waals surface area contributed by atoms with E-state index in [9.17, 15) is 14.4 Å². The van der Waals surface area contributed by atoms with Gasteiger partial charge in [0.2, 0.25) is 0 Å². The topological polar surface area (TPSA) is 84.9 Å². The average Bonchev–Trinajstić information content (AvgIpc) is 2.83. The minimum atomic E-state index is -0.801. The lowest BCUT2D eigenvalue weighted by molar-refractivity contribution is -0.122. The van der Waals surface area contributed by atoms with Crippen molar-refractivity contribution in [3.8, 4) is 11.5 Å². The van der Waals surface area contributed by atoms with Gasteiger partial charge in [-0.1, -0.05) is 59.1 Å². The second-order valence-electron chi connectivity index (χ2n) is 8.56. The fourth-order valence-electron chi connectivity index (χ4n) is 3.90. The molecule has 1 fully saturated rings. The number of barbiturate groups is 1. The van der Waals surface area contributed by atoms with Gasteiger partial charge in [0.25, 0.3) is 11.8 Å². The van der Waals surface area contributed by atoms with Crippen LogP contribution in [0, 0.1) is 20.8 Å². The number of carbonyl (C=O) groups is 3. The highest BCUT2D eigenvalue weighted by molar-refractivity contribution is 6.39. The predicted molar refractivity (Wildman–Crippen MR) is 138 cm³/mol. The lowest BCUT2D eigenvalue weighted by atomic mass is 10.0. The Bertz CT molecular complexity index is 1400. The van der Waals surface area contributed by atoms with Crippen molar-refractivity contribution in [2.24, 2.45) is 0 Å². The molecule has 0 radical (unpaired) electrons. The summed E-state index contributed by atoms with van der Waals surface area (Å²) in [6.07, 6.45) is 1.37. The van der Waals surface area contributed by atoms with Crippen molar-refractivity contribution in [3.63, 3.8) is 0 Å². The van der Waals surface area contributed by atoms with Crippen LogP contribution < -0.4 is 19.7 Å². The van der Waals surface area contributed by atoms with E-state index in [1.807, 2.05) is 44.2 Å². The maximum Gasteiger partial charge on any atom is 0.335 e. The van der Waals surface area contributed by atoms with Crippen LogP contribution in [0.2, 0.25) is 5.02 Å². The molecule has 184 valence electrons. The Hall–Kier alpha value is -4.10. The number of amides is 4. The first-order valence-electron chi connectivity index (χ1n) is 11.2. The minimum Gasteiger partial charge on any atom is -0.493 e. The molecule has 1 heterocycles. The van der Waals surface area contributed by atoms with E-state index in [0.717, 1.165) is 27.2 Å². The molecule has 3 aromatic rings. The second kappa shape index (κ2) is 10.3. The maximum atomic E-state index is 13.3. The molecule has 4 rings (SSSR count). The van der Waals surface area contributed by atoms with Crippen LogP contribution in [0.1, 0.15) is 27.8 Å². The van der Waals surface area contributed by atoms with Crippen molar-refractivity contribution in [1.82, 2.24) is 5.32 Å². The van der Waals surface area contributed by atoms with Crippen molar-refractivity contribution in [3.05, 3.63) is 93.0 Å². The van der Waals surface area contributed by atoms with E-state index in [1.54, 1.807) is 31.2 Å². The molecule has 1 aliphatic rings. The number of nitrogens with one attached hydrogen (secondary N) is 1. The second-order valence-corrected chi connectivity index (χ2v) is 8.96. The van der Waals surface area contributed by atoms with E-state index in [0.29, 0.717) is 22.7 Å². The van der Waals surface area contributed by atoms with Gasteiger partial charge in [-0.2, -0.15) is 0 Å². The molecule has 4 amide bonds. The van der Waals surface area contributed by atoms with E-state index in [4.69, 9.17) is 21.1 Å². The highest BCUT2D eigenvalue weighted by atomic mass is 35.5. The summed E-state index contributed by atoms with van der Waals surface area (Å²) in [5.41, 5.74) is 4.45. The van der Waals surface area contributed by atoms with Gasteiger partial charge in [0, 0.05) is 0 Å². The number of aryl methyl sites for hydroxylation is 3. The van der Waals surface area contributed by atoms with Crippen LogP contribution in [0.25, 0.3) is 6.08 Å². The molecule has 8 heteroatoms. The summed E-state index contributed by atoms with van der Waals surface area (Å²) in [6, 6.07) is 15.6. The number of nitrogens with zero attached hydrogens (tertiary/aromatic N) is 1. The van der Waals surface area contributed by atoms with E-state index < -0.39 is 17.8 Å². The van der Waals surface area contributed by atoms with Crippen LogP contribution in [-0.2, 0) is 16.2 Å². The van der Waals surface area contributed by atoms with Crippen LogP contribution in [0.5, 0.6) is 11.5 Å². The molecule has 0 atom stereocenters. The molecule has 36 heavy (non-hydrogen) atoms. The molecule has 7 nitrogen and oxygen atoms in total. The van der Waals surface area contributed by atoms with Crippen LogP contribution in [0.15, 0.2) is 60.2 Å². The van der Waals surface area contributed by atoms with Crippen molar-refractivity contribution < 1.29 is 23.9 Å². The number of carbonyl (C=O) groups excluding carboxylic acids is 3. The van der Waals surface area contributed by atoms with E-state index >= 15 is 0 Å². The number of benzene rings is 3. The van der Waals surface area contributed by atoms with Gasteiger partial charge in [0.1, 0.15) is 12.2 Å². The fourth-order valence-corrected chi connectivity index (χ4v) is 4.18. The standard InChI is InChI=1S/C28H25ClN2O5/c1-16-5-8-19(9-6-16)15-36-25-22(29)13-20(14-24(25)35-4)12-21-26(32)30-28(34)31(27(21)33)23-10-7-17(2)11-18(23)3/h5-14H,15H2,1-4H3,(H,30,32,34)/b21-12+. The Balaban J connectivity index is 1.65. The van der Waals surface area contributed by atoms with Gasteiger partial charge in [-0.15, -0.1) is 0 Å². The summed E-state index contributed by atoms with van der Waals surface area (Å²) in [5, 5.41) is 2.49. The highest BCUT2D eigenvalue weighted by Gasteiger charge is 2.37. The van der Waals surface area contributed by atoms with Gasteiger partial charge in [0.15, 0.2) is 11.5 Å². The number of ether oxygens (including phenoxy) is 2. The van der Waals surface area contributed by atoms with E-state index in [2.05, 4.69) is 5.32 Å². The predicted octanol–water partition coefficient (Wildman–Crippen LogP) is 5.52. The molecule has 0 saturated carbocycles. The molecular formula is C28H25ClN2O5. The van der Waals surface area contributed by atoms with Crippen LogP contribution in [0.3, 0.4) is 0 Å². The van der Waals surface area contributed by atoms with Crippen LogP contribution in [-0.4, -0.2) is 25.0 Å². The first-order chi connectivity index (χ1) is 17.2. The summed E-state index contributed by atoms with van der Waals surface area (Å²) in [6.45, 7) is 5.99. The number of rotatable bonds is 6. The van der Waals surface area contributed by atoms with E-state index in [-0.39, 0.29) is 17.2 Å². The van der Waals surface area contributed by atoms with Gasteiger partial charge in [-0.05, 0) is 61.7 Å². The summed E-state index contributed by atoms with van der Waals surface area (Å²) < 4.78 is 11.4. The third-order valence-electron chi connectivity index (χ3n) is 5.76. The molecule has 0 bridgehead atoms. The highest BCUT2D eigenvalue weighted by Crippen LogP contribution is 2.38. The molecule has 3 aromatic carbocycles. The summed E-state index contributed by atoms with van der Waals surface area (Å²) in [5.74, 6) is -0.841. The number of anilines is 1. The quantitative estimate of drug-likeness (QED) is 0.353. The Morgan fingerprint density at radius 3 is 2.31 bits per heavy atom. The number of hydrogen-bond acceptors (Lipinski definition) is 5.